The number of rotatable bonds is 6. The van der Waals surface area contributed by atoms with Crippen LogP contribution < -0.4 is 10.1 Å². The number of benzene rings is 1. The first kappa shape index (κ1) is 23.3. The zero-order valence-electron chi connectivity index (χ0n) is 17.8. The second-order valence-electron chi connectivity index (χ2n) is 8.04. The molecule has 0 bridgehead atoms. The minimum Gasteiger partial charge on any atom is -0.497 e. The molecule has 31 heavy (non-hydrogen) atoms. The van der Waals surface area contributed by atoms with E-state index in [1.165, 1.54) is 16.7 Å². The number of esters is 1. The van der Waals surface area contributed by atoms with E-state index in [1.54, 1.807) is 52.1 Å². The minimum atomic E-state index is -0.777. The Labute approximate surface area is 190 Å². The predicted molar refractivity (Wildman–Crippen MR) is 117 cm³/mol. The SMILES string of the molecule is COc1ccc(COC(=O)C2=C(CCl)CS[C@H]3C(NC(=O)OC(C)(C)C)C(=O)N23)cc1. The lowest BCUT2D eigenvalue weighted by atomic mass is 10.0. The largest absolute Gasteiger partial charge is 0.497 e. The van der Waals surface area contributed by atoms with Crippen LogP contribution in [0.25, 0.3) is 0 Å². The molecule has 1 N–H and O–H groups in total. The molecule has 10 heteroatoms. The second kappa shape index (κ2) is 9.40. The number of nitrogens with zero attached hydrogens (tertiary/aromatic N) is 1. The lowest BCUT2D eigenvalue weighted by Gasteiger charge is -2.49. The van der Waals surface area contributed by atoms with Gasteiger partial charge in [-0.25, -0.2) is 9.59 Å². The number of thioether (sulfide) groups is 1. The van der Waals surface area contributed by atoms with Crippen molar-refractivity contribution in [3.05, 3.63) is 41.1 Å². The summed E-state index contributed by atoms with van der Waals surface area (Å²) in [4.78, 5) is 39.0. The number of methoxy groups -OCH3 is 1. The molecule has 8 nitrogen and oxygen atoms in total. The smallest absolute Gasteiger partial charge is 0.408 e. The maximum absolute atomic E-state index is 12.8. The molecule has 0 spiro atoms. The molecule has 1 saturated heterocycles. The van der Waals surface area contributed by atoms with Crippen molar-refractivity contribution in [1.29, 1.82) is 0 Å². The molecule has 1 aromatic carbocycles. The number of β-lactam (4-membered cyclic amide) rings is 1. The van der Waals surface area contributed by atoms with Gasteiger partial charge in [0.25, 0.3) is 5.91 Å². The van der Waals surface area contributed by atoms with Crippen molar-refractivity contribution < 1.29 is 28.6 Å². The lowest BCUT2D eigenvalue weighted by molar-refractivity contribution is -0.152. The Morgan fingerprint density at radius 3 is 2.52 bits per heavy atom. The topological polar surface area (TPSA) is 94.2 Å². The zero-order valence-corrected chi connectivity index (χ0v) is 19.3. The number of carbonyl (C=O) groups is 3. The summed E-state index contributed by atoms with van der Waals surface area (Å²) in [6.45, 7) is 5.26. The van der Waals surface area contributed by atoms with Gasteiger partial charge in [0.05, 0.1) is 7.11 Å². The quantitative estimate of drug-likeness (QED) is 0.389. The third-order valence-corrected chi connectivity index (χ3v) is 6.27. The molecule has 168 valence electrons. The summed E-state index contributed by atoms with van der Waals surface area (Å²) < 4.78 is 15.8. The molecule has 1 fully saturated rings. The van der Waals surface area contributed by atoms with Gasteiger partial charge in [-0.05, 0) is 44.0 Å². The molecule has 0 aliphatic carbocycles. The van der Waals surface area contributed by atoms with Crippen LogP contribution in [0.15, 0.2) is 35.5 Å². The molecular formula is C21H25ClN2O6S. The number of ether oxygens (including phenoxy) is 3. The van der Waals surface area contributed by atoms with Gasteiger partial charge in [0.15, 0.2) is 0 Å². The summed E-state index contributed by atoms with van der Waals surface area (Å²) in [5.41, 5.74) is 0.868. The predicted octanol–water partition coefficient (Wildman–Crippen LogP) is 3.04. The van der Waals surface area contributed by atoms with Crippen molar-refractivity contribution >= 4 is 41.3 Å². The number of alkyl carbamates (subject to hydrolysis) is 1. The molecule has 2 aliphatic rings. The van der Waals surface area contributed by atoms with E-state index in [4.69, 9.17) is 25.8 Å². The van der Waals surface area contributed by atoms with E-state index in [0.29, 0.717) is 17.1 Å². The molecule has 0 saturated carbocycles. The average Bonchev–Trinajstić information content (AvgIpc) is 2.73. The molecule has 1 unspecified atom stereocenters. The highest BCUT2D eigenvalue weighted by molar-refractivity contribution is 8.00. The van der Waals surface area contributed by atoms with Gasteiger partial charge >= 0.3 is 12.1 Å². The van der Waals surface area contributed by atoms with Crippen molar-refractivity contribution in [2.24, 2.45) is 0 Å². The molecule has 0 aromatic heterocycles. The van der Waals surface area contributed by atoms with Crippen molar-refractivity contribution in [2.75, 3.05) is 18.7 Å². The molecule has 0 radical (unpaired) electrons. The summed E-state index contributed by atoms with van der Waals surface area (Å²) in [6, 6.07) is 6.34. The van der Waals surface area contributed by atoms with E-state index < -0.39 is 35.0 Å². The third-order valence-electron chi connectivity index (χ3n) is 4.60. The Balaban J connectivity index is 1.68. The van der Waals surface area contributed by atoms with Gasteiger partial charge in [-0.1, -0.05) is 12.1 Å². The Kier molecular flexibility index (Phi) is 7.06. The number of carbonyl (C=O) groups excluding carboxylic acids is 3. The van der Waals surface area contributed by atoms with Gasteiger partial charge in [-0.2, -0.15) is 0 Å². The summed E-state index contributed by atoms with van der Waals surface area (Å²) in [5.74, 6) is 0.227. The van der Waals surface area contributed by atoms with Crippen LogP contribution in [-0.4, -0.2) is 58.6 Å². The third kappa shape index (κ3) is 5.27. The standard InChI is InChI=1S/C21H25ClN2O6S/c1-21(2,3)30-20(27)23-15-17(25)24-16(13(9-22)11-31-18(15)24)19(26)29-10-12-5-7-14(28-4)8-6-12/h5-8,15,18H,9-11H2,1-4H3,(H,23,27)/t15?,18-/m0/s1. The van der Waals surface area contributed by atoms with Gasteiger partial charge < -0.3 is 19.5 Å². The van der Waals surface area contributed by atoms with E-state index in [2.05, 4.69) is 5.32 Å². The fourth-order valence-electron chi connectivity index (χ4n) is 3.15. The van der Waals surface area contributed by atoms with Crippen LogP contribution in [-0.2, 0) is 25.7 Å². The van der Waals surface area contributed by atoms with E-state index >= 15 is 0 Å². The zero-order chi connectivity index (χ0) is 22.8. The van der Waals surface area contributed by atoms with Crippen molar-refractivity contribution in [2.45, 2.75) is 44.4 Å². The molecule has 1 aromatic rings. The summed E-state index contributed by atoms with van der Waals surface area (Å²) in [6.07, 6.45) is -0.679. The highest BCUT2D eigenvalue weighted by Crippen LogP contribution is 2.41. The fourth-order valence-corrected chi connectivity index (χ4v) is 4.83. The van der Waals surface area contributed by atoms with Gasteiger partial charge in [0.2, 0.25) is 0 Å². The molecular weight excluding hydrogens is 444 g/mol. The minimum absolute atomic E-state index is 0.0430. The summed E-state index contributed by atoms with van der Waals surface area (Å²) in [5, 5.41) is 2.17. The normalized spacial score (nSPS) is 20.5. The number of halogens is 1. The highest BCUT2D eigenvalue weighted by Gasteiger charge is 2.54. The van der Waals surface area contributed by atoms with Crippen LogP contribution >= 0.6 is 23.4 Å². The van der Waals surface area contributed by atoms with E-state index in [0.717, 1.165) is 5.56 Å². The summed E-state index contributed by atoms with van der Waals surface area (Å²) >= 11 is 7.46. The molecule has 3 rings (SSSR count). The highest BCUT2D eigenvalue weighted by atomic mass is 35.5. The number of hydrogen-bond acceptors (Lipinski definition) is 7. The maximum atomic E-state index is 12.8. The van der Waals surface area contributed by atoms with Crippen molar-refractivity contribution in [3.8, 4) is 5.75 Å². The van der Waals surface area contributed by atoms with Crippen LogP contribution in [0.3, 0.4) is 0 Å². The first-order valence-corrected chi connectivity index (χ1v) is 11.2. The average molecular weight is 469 g/mol. The summed E-state index contributed by atoms with van der Waals surface area (Å²) in [7, 11) is 1.57. The van der Waals surface area contributed by atoms with E-state index in [-0.39, 0.29) is 18.2 Å². The van der Waals surface area contributed by atoms with Crippen LogP contribution in [0.1, 0.15) is 26.3 Å². The lowest BCUT2D eigenvalue weighted by Crippen LogP contribution is -2.70. The fraction of sp³-hybridized carbons (Fsp3) is 0.476. The van der Waals surface area contributed by atoms with Gasteiger partial charge in [0, 0.05) is 11.6 Å². The van der Waals surface area contributed by atoms with Crippen LogP contribution in [0, 0.1) is 0 Å². The van der Waals surface area contributed by atoms with Gasteiger partial charge in [-0.15, -0.1) is 23.4 Å². The number of alkyl halides is 1. The Morgan fingerprint density at radius 2 is 1.94 bits per heavy atom. The molecule has 2 atom stereocenters. The second-order valence-corrected chi connectivity index (χ2v) is 9.42. The van der Waals surface area contributed by atoms with E-state index in [1.807, 2.05) is 0 Å². The van der Waals surface area contributed by atoms with E-state index in [9.17, 15) is 14.4 Å². The van der Waals surface area contributed by atoms with Crippen LogP contribution in [0.5, 0.6) is 5.75 Å². The van der Waals surface area contributed by atoms with Gasteiger partial charge in [-0.3, -0.25) is 9.69 Å². The molecule has 2 heterocycles. The first-order chi connectivity index (χ1) is 14.6. The molecule has 2 amide bonds. The van der Waals surface area contributed by atoms with Gasteiger partial charge in [0.1, 0.15) is 35.1 Å². The number of amides is 2. The number of nitrogens with one attached hydrogen (secondary N) is 1. The Bertz CT molecular complexity index is 896. The number of hydrogen-bond donors (Lipinski definition) is 1. The maximum Gasteiger partial charge on any atom is 0.408 e. The van der Waals surface area contributed by atoms with Crippen molar-refractivity contribution in [1.82, 2.24) is 10.2 Å². The van der Waals surface area contributed by atoms with Crippen LogP contribution in [0.4, 0.5) is 4.79 Å². The number of fused-ring (bicyclic) bond motifs is 1. The first-order valence-electron chi connectivity index (χ1n) is 9.67. The Morgan fingerprint density at radius 1 is 1.26 bits per heavy atom. The Hall–Kier alpha value is -2.39. The monoisotopic (exact) mass is 468 g/mol. The van der Waals surface area contributed by atoms with Crippen LogP contribution in [0.2, 0.25) is 0 Å². The van der Waals surface area contributed by atoms with Crippen molar-refractivity contribution in [3.63, 3.8) is 0 Å². The molecule has 2 aliphatic heterocycles.